The average Bonchev–Trinajstić information content (AvgIpc) is 2.58. The van der Waals surface area contributed by atoms with Crippen molar-refractivity contribution in [1.29, 1.82) is 0 Å². The van der Waals surface area contributed by atoms with E-state index < -0.39 is 10.0 Å². The summed E-state index contributed by atoms with van der Waals surface area (Å²) in [4.78, 5) is 15.9. The van der Waals surface area contributed by atoms with E-state index in [1.807, 2.05) is 18.7 Å². The van der Waals surface area contributed by atoms with E-state index >= 15 is 0 Å². The van der Waals surface area contributed by atoms with Crippen LogP contribution in [-0.4, -0.2) is 74.2 Å². The Labute approximate surface area is 159 Å². The highest BCUT2D eigenvalue weighted by molar-refractivity contribution is 7.89. The van der Waals surface area contributed by atoms with Crippen LogP contribution in [0.25, 0.3) is 0 Å². The second-order valence-electron chi connectivity index (χ2n) is 5.82. The summed E-state index contributed by atoms with van der Waals surface area (Å²) in [5, 5.41) is 0.481. The predicted molar refractivity (Wildman–Crippen MR) is 99.6 cm³/mol. The summed E-state index contributed by atoms with van der Waals surface area (Å²) in [5.74, 6) is 0.0687. The van der Waals surface area contributed by atoms with Gasteiger partial charge in [-0.05, 0) is 32.0 Å². The topological polar surface area (TPSA) is 60.9 Å². The number of sulfonamides is 1. The van der Waals surface area contributed by atoms with E-state index in [-0.39, 0.29) is 15.8 Å². The number of halogens is 2. The molecule has 1 fully saturated rings. The van der Waals surface area contributed by atoms with Crippen LogP contribution in [0.3, 0.4) is 0 Å². The number of likely N-dealkylation sites (N-methyl/N-ethyl adjacent to an activating group) is 1. The van der Waals surface area contributed by atoms with Crippen molar-refractivity contribution >= 4 is 39.1 Å². The maximum absolute atomic E-state index is 12.8. The van der Waals surface area contributed by atoms with Crippen LogP contribution in [0.1, 0.15) is 13.8 Å². The number of rotatable bonds is 6. The summed E-state index contributed by atoms with van der Waals surface area (Å²) in [7, 11) is -3.70. The fourth-order valence-corrected chi connectivity index (χ4v) is 4.97. The van der Waals surface area contributed by atoms with Gasteiger partial charge in [-0.2, -0.15) is 4.31 Å². The lowest BCUT2D eigenvalue weighted by molar-refractivity contribution is -0.132. The Hall–Kier alpha value is -0.860. The molecule has 0 unspecified atom stereocenters. The highest BCUT2D eigenvalue weighted by atomic mass is 35.5. The molecule has 1 amide bonds. The fourth-order valence-electron chi connectivity index (χ4n) is 2.81. The largest absolute Gasteiger partial charge is 0.342 e. The summed E-state index contributed by atoms with van der Waals surface area (Å²) in [5.41, 5.74) is 0. The van der Waals surface area contributed by atoms with Crippen molar-refractivity contribution in [2.24, 2.45) is 0 Å². The number of carbonyl (C=O) groups is 1. The van der Waals surface area contributed by atoms with Crippen LogP contribution in [-0.2, 0) is 14.8 Å². The van der Waals surface area contributed by atoms with Gasteiger partial charge in [-0.3, -0.25) is 9.69 Å². The molecule has 1 aromatic carbocycles. The molecule has 25 heavy (non-hydrogen) atoms. The first-order valence-corrected chi connectivity index (χ1v) is 10.4. The number of amides is 1. The second-order valence-corrected chi connectivity index (χ2v) is 8.57. The number of piperazine rings is 1. The van der Waals surface area contributed by atoms with Gasteiger partial charge in [-0.25, -0.2) is 8.42 Å². The summed E-state index contributed by atoms with van der Waals surface area (Å²) in [6, 6.07) is 4.41. The molecule has 2 rings (SSSR count). The molecule has 1 aromatic rings. The lowest BCUT2D eigenvalue weighted by Gasteiger charge is -2.34. The van der Waals surface area contributed by atoms with Gasteiger partial charge in [0, 0.05) is 44.3 Å². The van der Waals surface area contributed by atoms with E-state index in [4.69, 9.17) is 23.2 Å². The van der Waals surface area contributed by atoms with E-state index in [9.17, 15) is 13.2 Å². The average molecular weight is 408 g/mol. The molecule has 140 valence electrons. The molecule has 1 aliphatic rings. The Morgan fingerprint density at radius 1 is 1.12 bits per heavy atom. The third kappa shape index (κ3) is 4.86. The van der Waals surface area contributed by atoms with Crippen LogP contribution in [0.4, 0.5) is 0 Å². The lowest BCUT2D eigenvalue weighted by Crippen LogP contribution is -2.51. The van der Waals surface area contributed by atoms with Crippen molar-refractivity contribution in [3.63, 3.8) is 0 Å². The molecule has 6 nitrogen and oxygen atoms in total. The van der Waals surface area contributed by atoms with Crippen LogP contribution in [0.2, 0.25) is 10.0 Å². The van der Waals surface area contributed by atoms with Gasteiger partial charge in [0.05, 0.1) is 11.6 Å². The standard InChI is InChI=1S/C16H23Cl2N3O3S/c1-3-20(4-2)16(22)12-19-7-9-21(10-8-19)25(23,24)15-11-13(17)5-6-14(15)18/h5-6,11H,3-4,7-10,12H2,1-2H3. The van der Waals surface area contributed by atoms with Gasteiger partial charge in [0.1, 0.15) is 4.90 Å². The first-order chi connectivity index (χ1) is 11.8. The Morgan fingerprint density at radius 3 is 2.28 bits per heavy atom. The predicted octanol–water partition coefficient (Wildman–Crippen LogP) is 2.17. The van der Waals surface area contributed by atoms with Crippen LogP contribution >= 0.6 is 23.2 Å². The molecule has 1 saturated heterocycles. The Kier molecular flexibility index (Phi) is 7.10. The van der Waals surface area contributed by atoms with Gasteiger partial charge in [0.15, 0.2) is 0 Å². The minimum Gasteiger partial charge on any atom is -0.342 e. The Bertz CT molecular complexity index is 715. The van der Waals surface area contributed by atoms with Crippen molar-refractivity contribution in [3.8, 4) is 0 Å². The molecular formula is C16H23Cl2N3O3S. The third-order valence-corrected chi connectivity index (χ3v) is 6.93. The summed E-state index contributed by atoms with van der Waals surface area (Å²) in [6.45, 7) is 7.20. The molecule has 0 aromatic heterocycles. The summed E-state index contributed by atoms with van der Waals surface area (Å²) < 4.78 is 27.0. The maximum Gasteiger partial charge on any atom is 0.244 e. The normalized spacial score (nSPS) is 16.8. The zero-order valence-corrected chi connectivity index (χ0v) is 16.7. The molecule has 0 atom stereocenters. The van der Waals surface area contributed by atoms with Crippen molar-refractivity contribution in [2.75, 3.05) is 45.8 Å². The molecule has 0 saturated carbocycles. The number of hydrogen-bond acceptors (Lipinski definition) is 4. The van der Waals surface area contributed by atoms with Crippen molar-refractivity contribution < 1.29 is 13.2 Å². The molecule has 1 heterocycles. The molecule has 9 heteroatoms. The molecule has 0 spiro atoms. The van der Waals surface area contributed by atoms with Gasteiger partial charge < -0.3 is 4.90 Å². The van der Waals surface area contributed by atoms with Gasteiger partial charge in [0.2, 0.25) is 15.9 Å². The minimum atomic E-state index is -3.70. The summed E-state index contributed by atoms with van der Waals surface area (Å²) >= 11 is 11.9. The first-order valence-electron chi connectivity index (χ1n) is 8.25. The van der Waals surface area contributed by atoms with E-state index in [0.29, 0.717) is 50.8 Å². The van der Waals surface area contributed by atoms with E-state index in [1.54, 1.807) is 11.0 Å². The first kappa shape index (κ1) is 20.5. The highest BCUT2D eigenvalue weighted by Crippen LogP contribution is 2.28. The quantitative estimate of drug-likeness (QED) is 0.724. The zero-order chi connectivity index (χ0) is 18.6. The van der Waals surface area contributed by atoms with Crippen LogP contribution in [0.5, 0.6) is 0 Å². The van der Waals surface area contributed by atoms with Crippen molar-refractivity contribution in [3.05, 3.63) is 28.2 Å². The van der Waals surface area contributed by atoms with Crippen LogP contribution in [0, 0.1) is 0 Å². The van der Waals surface area contributed by atoms with Crippen molar-refractivity contribution in [2.45, 2.75) is 18.7 Å². The van der Waals surface area contributed by atoms with E-state index in [0.717, 1.165) is 0 Å². The number of carbonyl (C=O) groups excluding carboxylic acids is 1. The Morgan fingerprint density at radius 2 is 1.72 bits per heavy atom. The van der Waals surface area contributed by atoms with Gasteiger partial charge >= 0.3 is 0 Å². The summed E-state index contributed by atoms with van der Waals surface area (Å²) in [6.07, 6.45) is 0. The lowest BCUT2D eigenvalue weighted by atomic mass is 10.3. The molecule has 0 bridgehead atoms. The van der Waals surface area contributed by atoms with E-state index in [1.165, 1.54) is 16.4 Å². The molecule has 0 aliphatic carbocycles. The smallest absolute Gasteiger partial charge is 0.244 e. The van der Waals surface area contributed by atoms with Gasteiger partial charge in [-0.15, -0.1) is 0 Å². The number of hydrogen-bond donors (Lipinski definition) is 0. The second kappa shape index (κ2) is 8.68. The zero-order valence-electron chi connectivity index (χ0n) is 14.4. The molecule has 0 N–H and O–H groups in total. The molecule has 1 aliphatic heterocycles. The highest BCUT2D eigenvalue weighted by Gasteiger charge is 2.31. The maximum atomic E-state index is 12.8. The number of nitrogens with zero attached hydrogens (tertiary/aromatic N) is 3. The third-order valence-electron chi connectivity index (χ3n) is 4.32. The SMILES string of the molecule is CCN(CC)C(=O)CN1CCN(S(=O)(=O)c2cc(Cl)ccc2Cl)CC1. The minimum absolute atomic E-state index is 0.0225. The van der Waals surface area contributed by atoms with Gasteiger partial charge in [0.25, 0.3) is 0 Å². The molecular weight excluding hydrogens is 385 g/mol. The fraction of sp³-hybridized carbons (Fsp3) is 0.562. The van der Waals surface area contributed by atoms with Gasteiger partial charge in [-0.1, -0.05) is 23.2 Å². The molecule has 0 radical (unpaired) electrons. The Balaban J connectivity index is 2.02. The van der Waals surface area contributed by atoms with Crippen LogP contribution < -0.4 is 0 Å². The van der Waals surface area contributed by atoms with E-state index in [2.05, 4.69) is 0 Å². The number of benzene rings is 1. The van der Waals surface area contributed by atoms with Crippen molar-refractivity contribution in [1.82, 2.24) is 14.1 Å². The monoisotopic (exact) mass is 407 g/mol. The van der Waals surface area contributed by atoms with Crippen LogP contribution in [0.15, 0.2) is 23.1 Å².